The SMILES string of the molecule is Cc1cc(Br)cc(C=CC(N)=O)c1. The van der Waals surface area contributed by atoms with Gasteiger partial charge in [-0.1, -0.05) is 22.0 Å². The lowest BCUT2D eigenvalue weighted by Gasteiger charge is -1.97. The van der Waals surface area contributed by atoms with Crippen LogP contribution in [0, 0.1) is 6.92 Å². The molecule has 1 aromatic rings. The van der Waals surface area contributed by atoms with E-state index in [1.807, 2.05) is 25.1 Å². The van der Waals surface area contributed by atoms with Gasteiger partial charge in [0, 0.05) is 10.5 Å². The first kappa shape index (κ1) is 9.99. The molecule has 0 aliphatic heterocycles. The topological polar surface area (TPSA) is 43.1 Å². The van der Waals surface area contributed by atoms with Crippen molar-refractivity contribution in [2.75, 3.05) is 0 Å². The standard InChI is InChI=1S/C10H10BrNO/c1-7-4-8(2-3-10(12)13)6-9(11)5-7/h2-6H,1H3,(H2,12,13). The zero-order chi connectivity index (χ0) is 9.84. The fraction of sp³-hybridized carbons (Fsp3) is 0.100. The molecule has 0 spiro atoms. The second-order valence-electron chi connectivity index (χ2n) is 2.80. The smallest absolute Gasteiger partial charge is 0.241 e. The average molecular weight is 240 g/mol. The first-order valence-corrected chi connectivity index (χ1v) is 4.62. The average Bonchev–Trinajstić information content (AvgIpc) is 1.99. The summed E-state index contributed by atoms with van der Waals surface area (Å²) in [6, 6.07) is 5.90. The molecule has 13 heavy (non-hydrogen) atoms. The maximum atomic E-state index is 10.5. The quantitative estimate of drug-likeness (QED) is 0.791. The van der Waals surface area contributed by atoms with E-state index in [-0.39, 0.29) is 0 Å². The summed E-state index contributed by atoms with van der Waals surface area (Å²) in [6.07, 6.45) is 3.04. The van der Waals surface area contributed by atoms with Crippen LogP contribution in [-0.2, 0) is 4.79 Å². The number of nitrogens with two attached hydrogens (primary N) is 1. The van der Waals surface area contributed by atoms with Crippen molar-refractivity contribution in [1.82, 2.24) is 0 Å². The highest BCUT2D eigenvalue weighted by Gasteiger charge is 1.93. The van der Waals surface area contributed by atoms with Gasteiger partial charge in [-0.2, -0.15) is 0 Å². The van der Waals surface area contributed by atoms with Crippen LogP contribution in [0.1, 0.15) is 11.1 Å². The Morgan fingerprint density at radius 1 is 1.46 bits per heavy atom. The van der Waals surface area contributed by atoms with Crippen LogP contribution in [0.3, 0.4) is 0 Å². The Morgan fingerprint density at radius 3 is 2.69 bits per heavy atom. The van der Waals surface area contributed by atoms with E-state index in [1.54, 1.807) is 6.08 Å². The summed E-state index contributed by atoms with van der Waals surface area (Å²) in [4.78, 5) is 10.5. The minimum atomic E-state index is -0.433. The Kier molecular flexibility index (Phi) is 3.25. The zero-order valence-electron chi connectivity index (χ0n) is 7.25. The predicted octanol–water partition coefficient (Wildman–Crippen LogP) is 2.26. The van der Waals surface area contributed by atoms with E-state index in [1.165, 1.54) is 6.08 Å². The van der Waals surface area contributed by atoms with Crippen molar-refractivity contribution in [2.45, 2.75) is 6.92 Å². The molecule has 2 N–H and O–H groups in total. The lowest BCUT2D eigenvalue weighted by molar-refractivity contribution is -0.113. The molecular formula is C10H10BrNO. The number of primary amides is 1. The van der Waals surface area contributed by atoms with Crippen molar-refractivity contribution < 1.29 is 4.79 Å². The van der Waals surface area contributed by atoms with Crippen LogP contribution < -0.4 is 5.73 Å². The van der Waals surface area contributed by atoms with E-state index in [4.69, 9.17) is 5.73 Å². The number of hydrogen-bond acceptors (Lipinski definition) is 1. The van der Waals surface area contributed by atoms with Crippen molar-refractivity contribution >= 4 is 27.9 Å². The number of halogens is 1. The Bertz CT molecular complexity index is 338. The molecule has 0 fully saturated rings. The molecule has 0 bridgehead atoms. The van der Waals surface area contributed by atoms with E-state index < -0.39 is 5.91 Å². The summed E-state index contributed by atoms with van der Waals surface area (Å²) < 4.78 is 0.997. The lowest BCUT2D eigenvalue weighted by atomic mass is 10.1. The number of rotatable bonds is 2. The number of aryl methyl sites for hydroxylation is 1. The van der Waals surface area contributed by atoms with Crippen LogP contribution in [0.15, 0.2) is 28.7 Å². The molecule has 68 valence electrons. The summed E-state index contributed by atoms with van der Waals surface area (Å²) in [6.45, 7) is 1.99. The third kappa shape index (κ3) is 3.42. The molecule has 0 heterocycles. The minimum absolute atomic E-state index is 0.433. The summed E-state index contributed by atoms with van der Waals surface area (Å²) >= 11 is 3.37. The summed E-state index contributed by atoms with van der Waals surface area (Å²) in [5.41, 5.74) is 7.08. The van der Waals surface area contributed by atoms with Crippen LogP contribution >= 0.6 is 15.9 Å². The predicted molar refractivity (Wildman–Crippen MR) is 57.1 cm³/mol. The van der Waals surface area contributed by atoms with Crippen molar-refractivity contribution in [3.05, 3.63) is 39.9 Å². The Labute approximate surface area is 85.6 Å². The van der Waals surface area contributed by atoms with Crippen molar-refractivity contribution in [2.24, 2.45) is 5.73 Å². The molecule has 0 atom stereocenters. The maximum Gasteiger partial charge on any atom is 0.241 e. The van der Waals surface area contributed by atoms with E-state index in [9.17, 15) is 4.79 Å². The van der Waals surface area contributed by atoms with E-state index in [0.29, 0.717) is 0 Å². The van der Waals surface area contributed by atoms with Gasteiger partial charge >= 0.3 is 0 Å². The molecular weight excluding hydrogens is 230 g/mol. The van der Waals surface area contributed by atoms with Crippen LogP contribution in [-0.4, -0.2) is 5.91 Å². The molecule has 0 unspecified atom stereocenters. The molecule has 0 aliphatic rings. The van der Waals surface area contributed by atoms with Gasteiger partial charge < -0.3 is 5.73 Å². The van der Waals surface area contributed by atoms with Crippen molar-refractivity contribution in [3.8, 4) is 0 Å². The monoisotopic (exact) mass is 239 g/mol. The van der Waals surface area contributed by atoms with Gasteiger partial charge in [0.15, 0.2) is 0 Å². The fourth-order valence-electron chi connectivity index (χ4n) is 1.04. The summed E-state index contributed by atoms with van der Waals surface area (Å²) in [5, 5.41) is 0. The molecule has 1 aromatic carbocycles. The zero-order valence-corrected chi connectivity index (χ0v) is 8.84. The number of hydrogen-bond donors (Lipinski definition) is 1. The van der Waals surface area contributed by atoms with Gasteiger partial charge in [-0.3, -0.25) is 4.79 Å². The molecule has 2 nitrogen and oxygen atoms in total. The Morgan fingerprint density at radius 2 is 2.15 bits per heavy atom. The molecule has 0 saturated heterocycles. The Balaban J connectivity index is 2.95. The van der Waals surface area contributed by atoms with Crippen LogP contribution in [0.5, 0.6) is 0 Å². The van der Waals surface area contributed by atoms with Gasteiger partial charge in [0.25, 0.3) is 0 Å². The van der Waals surface area contributed by atoms with Gasteiger partial charge in [0.05, 0.1) is 0 Å². The third-order valence-corrected chi connectivity index (χ3v) is 1.96. The highest BCUT2D eigenvalue weighted by atomic mass is 79.9. The van der Waals surface area contributed by atoms with Crippen molar-refractivity contribution in [1.29, 1.82) is 0 Å². The molecule has 0 saturated carbocycles. The first-order chi connectivity index (χ1) is 6.08. The fourth-order valence-corrected chi connectivity index (χ4v) is 1.66. The number of carbonyl (C=O) groups is 1. The number of carbonyl (C=O) groups excluding carboxylic acids is 1. The third-order valence-electron chi connectivity index (χ3n) is 1.50. The molecule has 3 heteroatoms. The number of amides is 1. The second kappa shape index (κ2) is 4.23. The normalized spacial score (nSPS) is 10.6. The summed E-state index contributed by atoms with van der Waals surface area (Å²) in [5.74, 6) is -0.433. The highest BCUT2D eigenvalue weighted by Crippen LogP contribution is 2.16. The van der Waals surface area contributed by atoms with Gasteiger partial charge in [-0.15, -0.1) is 0 Å². The molecule has 1 rings (SSSR count). The summed E-state index contributed by atoms with van der Waals surface area (Å²) in [7, 11) is 0. The van der Waals surface area contributed by atoms with Gasteiger partial charge in [0.1, 0.15) is 0 Å². The molecule has 0 aliphatic carbocycles. The highest BCUT2D eigenvalue weighted by molar-refractivity contribution is 9.10. The van der Waals surface area contributed by atoms with Gasteiger partial charge in [-0.05, 0) is 36.3 Å². The second-order valence-corrected chi connectivity index (χ2v) is 3.71. The minimum Gasteiger partial charge on any atom is -0.366 e. The van der Waals surface area contributed by atoms with E-state index in [0.717, 1.165) is 15.6 Å². The number of benzene rings is 1. The van der Waals surface area contributed by atoms with Crippen LogP contribution in [0.4, 0.5) is 0 Å². The molecule has 0 radical (unpaired) electrons. The first-order valence-electron chi connectivity index (χ1n) is 3.82. The largest absolute Gasteiger partial charge is 0.366 e. The van der Waals surface area contributed by atoms with Gasteiger partial charge in [0.2, 0.25) is 5.91 Å². The van der Waals surface area contributed by atoms with Gasteiger partial charge in [-0.25, -0.2) is 0 Å². The van der Waals surface area contributed by atoms with Crippen molar-refractivity contribution in [3.63, 3.8) is 0 Å². The van der Waals surface area contributed by atoms with Crippen LogP contribution in [0.25, 0.3) is 6.08 Å². The van der Waals surface area contributed by atoms with E-state index >= 15 is 0 Å². The molecule has 1 amide bonds. The maximum absolute atomic E-state index is 10.5. The van der Waals surface area contributed by atoms with Crippen LogP contribution in [0.2, 0.25) is 0 Å². The lowest BCUT2D eigenvalue weighted by Crippen LogP contribution is -2.05. The Hall–Kier alpha value is -1.09. The van der Waals surface area contributed by atoms with E-state index in [2.05, 4.69) is 15.9 Å². The molecule has 0 aromatic heterocycles.